The highest BCUT2D eigenvalue weighted by molar-refractivity contribution is 7.89. The van der Waals surface area contributed by atoms with Crippen molar-refractivity contribution < 1.29 is 17.9 Å². The van der Waals surface area contributed by atoms with Crippen molar-refractivity contribution in [1.82, 2.24) is 4.57 Å². The van der Waals surface area contributed by atoms with E-state index in [2.05, 4.69) is 4.99 Å². The third-order valence-corrected chi connectivity index (χ3v) is 5.67. The van der Waals surface area contributed by atoms with Crippen LogP contribution in [0.25, 0.3) is 10.2 Å². The molecule has 0 fully saturated rings. The first-order valence-corrected chi connectivity index (χ1v) is 10.1. The van der Waals surface area contributed by atoms with Gasteiger partial charge in [0.15, 0.2) is 4.80 Å². The Balaban J connectivity index is 2.16. The van der Waals surface area contributed by atoms with Crippen LogP contribution in [0.2, 0.25) is 0 Å². The largest absolute Gasteiger partial charge is 0.383 e. The summed E-state index contributed by atoms with van der Waals surface area (Å²) in [5.74, 6) is -0.366. The van der Waals surface area contributed by atoms with E-state index in [0.717, 1.165) is 5.52 Å². The van der Waals surface area contributed by atoms with E-state index in [1.165, 1.54) is 23.5 Å². The van der Waals surface area contributed by atoms with Gasteiger partial charge in [-0.05, 0) is 30.3 Å². The highest BCUT2D eigenvalue weighted by Gasteiger charge is 2.13. The fourth-order valence-electron chi connectivity index (χ4n) is 2.45. The summed E-state index contributed by atoms with van der Waals surface area (Å²) in [6.45, 7) is 0.904. The second kappa shape index (κ2) is 7.50. The zero-order valence-corrected chi connectivity index (χ0v) is 15.6. The summed E-state index contributed by atoms with van der Waals surface area (Å²) in [5, 5.41) is 5.20. The summed E-state index contributed by atoms with van der Waals surface area (Å²) in [7, 11) is -2.22. The summed E-state index contributed by atoms with van der Waals surface area (Å²) in [6.07, 6.45) is 0. The smallest absolute Gasteiger partial charge is 0.279 e. The predicted molar refractivity (Wildman–Crippen MR) is 99.4 cm³/mol. The molecule has 1 amide bonds. The number of fused-ring (bicyclic) bond motifs is 1. The van der Waals surface area contributed by atoms with Crippen molar-refractivity contribution in [2.24, 2.45) is 10.1 Å². The van der Waals surface area contributed by atoms with Gasteiger partial charge in [-0.15, -0.1) is 0 Å². The van der Waals surface area contributed by atoms with E-state index < -0.39 is 10.0 Å². The van der Waals surface area contributed by atoms with Crippen LogP contribution in [0, 0.1) is 0 Å². The summed E-state index contributed by atoms with van der Waals surface area (Å²) < 4.78 is 30.8. The number of hydrogen-bond donors (Lipinski definition) is 1. The fourth-order valence-corrected chi connectivity index (χ4v) is 4.15. The monoisotopic (exact) mass is 391 g/mol. The number of aromatic nitrogens is 1. The molecular weight excluding hydrogens is 374 g/mol. The molecule has 0 aliphatic rings. The second-order valence-electron chi connectivity index (χ2n) is 5.49. The number of amides is 1. The first kappa shape index (κ1) is 18.5. The molecule has 7 nitrogen and oxygen atoms in total. The molecule has 0 bridgehead atoms. The number of nitrogens with zero attached hydrogens (tertiary/aromatic N) is 2. The normalized spacial score (nSPS) is 12.6. The molecule has 9 heteroatoms. The maximum atomic E-state index is 12.4. The number of benzene rings is 2. The highest BCUT2D eigenvalue weighted by atomic mass is 32.2. The SMILES string of the molecule is COCCn1c(=NC(=O)c2ccccc2)sc2cc(S(N)(=O)=O)ccc21. The number of ether oxygens (including phenoxy) is 1. The number of carbonyl (C=O) groups is 1. The van der Waals surface area contributed by atoms with E-state index in [4.69, 9.17) is 9.88 Å². The van der Waals surface area contributed by atoms with E-state index in [1.807, 2.05) is 10.6 Å². The Kier molecular flexibility index (Phi) is 5.33. The maximum Gasteiger partial charge on any atom is 0.279 e. The number of rotatable bonds is 5. The average Bonchev–Trinajstić information content (AvgIpc) is 2.96. The first-order chi connectivity index (χ1) is 12.4. The van der Waals surface area contributed by atoms with Crippen molar-refractivity contribution >= 4 is 37.5 Å². The Hall–Kier alpha value is -2.33. The van der Waals surface area contributed by atoms with E-state index in [-0.39, 0.29) is 10.8 Å². The first-order valence-electron chi connectivity index (χ1n) is 7.69. The van der Waals surface area contributed by atoms with Crippen LogP contribution in [0.3, 0.4) is 0 Å². The van der Waals surface area contributed by atoms with Gasteiger partial charge in [0.25, 0.3) is 5.91 Å². The van der Waals surface area contributed by atoms with Crippen LogP contribution in [0.1, 0.15) is 10.4 Å². The summed E-state index contributed by atoms with van der Waals surface area (Å²) in [5.41, 5.74) is 1.24. The van der Waals surface area contributed by atoms with Crippen molar-refractivity contribution in [2.75, 3.05) is 13.7 Å². The minimum absolute atomic E-state index is 0.0195. The molecule has 3 rings (SSSR count). The van der Waals surface area contributed by atoms with Gasteiger partial charge in [-0.25, -0.2) is 13.6 Å². The van der Waals surface area contributed by atoms with Crippen LogP contribution in [-0.4, -0.2) is 32.6 Å². The van der Waals surface area contributed by atoms with Crippen molar-refractivity contribution in [3.63, 3.8) is 0 Å². The van der Waals surface area contributed by atoms with Crippen molar-refractivity contribution in [2.45, 2.75) is 11.4 Å². The molecule has 2 aromatic carbocycles. The fraction of sp³-hybridized carbons (Fsp3) is 0.176. The van der Waals surface area contributed by atoms with Gasteiger partial charge < -0.3 is 9.30 Å². The Labute approximate surface area is 154 Å². The van der Waals surface area contributed by atoms with Crippen LogP contribution >= 0.6 is 11.3 Å². The molecule has 0 aliphatic heterocycles. The number of thiazole rings is 1. The molecule has 0 radical (unpaired) electrons. The Morgan fingerprint density at radius 1 is 1.23 bits per heavy atom. The molecule has 1 heterocycles. The van der Waals surface area contributed by atoms with Crippen molar-refractivity contribution in [3.05, 3.63) is 58.9 Å². The molecule has 0 unspecified atom stereocenters. The van der Waals surface area contributed by atoms with Crippen LogP contribution < -0.4 is 9.94 Å². The third kappa shape index (κ3) is 3.91. The topological polar surface area (TPSA) is 104 Å². The number of hydrogen-bond acceptors (Lipinski definition) is 5. The van der Waals surface area contributed by atoms with Gasteiger partial charge in [0.05, 0.1) is 21.7 Å². The summed E-state index contributed by atoms with van der Waals surface area (Å²) in [4.78, 5) is 17.1. The Morgan fingerprint density at radius 3 is 2.62 bits per heavy atom. The number of sulfonamides is 1. The lowest BCUT2D eigenvalue weighted by atomic mass is 10.2. The molecule has 2 N–H and O–H groups in total. The van der Waals surface area contributed by atoms with Crippen LogP contribution in [0.15, 0.2) is 58.4 Å². The zero-order chi connectivity index (χ0) is 18.7. The number of methoxy groups -OCH3 is 1. The lowest BCUT2D eigenvalue weighted by Crippen LogP contribution is -2.19. The van der Waals surface area contributed by atoms with Gasteiger partial charge in [-0.1, -0.05) is 29.5 Å². The van der Waals surface area contributed by atoms with Crippen molar-refractivity contribution in [1.29, 1.82) is 0 Å². The third-order valence-electron chi connectivity index (χ3n) is 3.72. The minimum atomic E-state index is -3.81. The van der Waals surface area contributed by atoms with Gasteiger partial charge in [-0.2, -0.15) is 4.99 Å². The van der Waals surface area contributed by atoms with Crippen molar-refractivity contribution in [3.8, 4) is 0 Å². The lowest BCUT2D eigenvalue weighted by Gasteiger charge is -2.05. The van der Waals surface area contributed by atoms with Crippen LogP contribution in [0.4, 0.5) is 0 Å². The van der Waals surface area contributed by atoms with Gasteiger partial charge in [0.2, 0.25) is 10.0 Å². The molecule has 0 spiro atoms. The lowest BCUT2D eigenvalue weighted by molar-refractivity contribution is 0.0997. The van der Waals surface area contributed by atoms with E-state index in [1.54, 1.807) is 37.4 Å². The van der Waals surface area contributed by atoms with Gasteiger partial charge in [0.1, 0.15) is 0 Å². The molecule has 136 valence electrons. The molecule has 1 aromatic heterocycles. The van der Waals surface area contributed by atoms with E-state index in [0.29, 0.717) is 28.2 Å². The summed E-state index contributed by atoms with van der Waals surface area (Å²) in [6, 6.07) is 13.3. The molecular formula is C17H17N3O4S2. The van der Waals surface area contributed by atoms with Gasteiger partial charge in [0, 0.05) is 19.2 Å². The van der Waals surface area contributed by atoms with Crippen LogP contribution in [-0.2, 0) is 21.3 Å². The zero-order valence-electron chi connectivity index (χ0n) is 14.0. The molecule has 0 saturated heterocycles. The average molecular weight is 391 g/mol. The molecule has 26 heavy (non-hydrogen) atoms. The van der Waals surface area contributed by atoms with E-state index in [9.17, 15) is 13.2 Å². The predicted octanol–water partition coefficient (Wildman–Crippen LogP) is 1.74. The highest BCUT2D eigenvalue weighted by Crippen LogP contribution is 2.21. The van der Waals surface area contributed by atoms with Gasteiger partial charge in [-0.3, -0.25) is 4.79 Å². The number of nitrogens with two attached hydrogens (primary N) is 1. The quantitative estimate of drug-likeness (QED) is 0.715. The molecule has 3 aromatic rings. The van der Waals surface area contributed by atoms with Gasteiger partial charge >= 0.3 is 0 Å². The minimum Gasteiger partial charge on any atom is -0.383 e. The summed E-state index contributed by atoms with van der Waals surface area (Å²) >= 11 is 1.23. The maximum absolute atomic E-state index is 12.4. The van der Waals surface area contributed by atoms with Crippen LogP contribution in [0.5, 0.6) is 0 Å². The molecule has 0 saturated carbocycles. The Morgan fingerprint density at radius 2 is 1.96 bits per heavy atom. The Bertz CT molecular complexity index is 1120. The molecule has 0 aliphatic carbocycles. The number of primary sulfonamides is 1. The second-order valence-corrected chi connectivity index (χ2v) is 8.06. The van der Waals surface area contributed by atoms with E-state index >= 15 is 0 Å². The molecule has 0 atom stereocenters. The number of carbonyl (C=O) groups excluding carboxylic acids is 1. The standard InChI is InChI=1S/C17H17N3O4S2/c1-24-10-9-20-14-8-7-13(26(18,22)23)11-15(14)25-17(20)19-16(21)12-5-3-2-4-6-12/h2-8,11H,9-10H2,1H3,(H2,18,22,23).